The van der Waals surface area contributed by atoms with Gasteiger partial charge in [0.05, 0.1) is 6.61 Å². The molecule has 0 saturated heterocycles. The summed E-state index contributed by atoms with van der Waals surface area (Å²) < 4.78 is 10.8. The van der Waals surface area contributed by atoms with Gasteiger partial charge in [-0.15, -0.1) is 10.2 Å². The summed E-state index contributed by atoms with van der Waals surface area (Å²) in [6.07, 6.45) is 2.86. The molecule has 1 fully saturated rings. The van der Waals surface area contributed by atoms with E-state index in [9.17, 15) is 9.59 Å². The summed E-state index contributed by atoms with van der Waals surface area (Å²) >= 11 is 0. The van der Waals surface area contributed by atoms with E-state index in [1.54, 1.807) is 13.1 Å². The van der Waals surface area contributed by atoms with Crippen LogP contribution in [0.4, 0.5) is 5.95 Å². The predicted molar refractivity (Wildman–Crippen MR) is 99.9 cm³/mol. The minimum absolute atomic E-state index is 0.0459. The van der Waals surface area contributed by atoms with Crippen molar-refractivity contribution in [3.05, 3.63) is 42.4 Å². The number of aromatic amines is 1. The second kappa shape index (κ2) is 7.63. The summed E-state index contributed by atoms with van der Waals surface area (Å²) in [5.74, 6) is -0.204. The van der Waals surface area contributed by atoms with Gasteiger partial charge in [0, 0.05) is 17.5 Å². The summed E-state index contributed by atoms with van der Waals surface area (Å²) in [6, 6.07) is 9.65. The Kier molecular flexibility index (Phi) is 4.88. The van der Waals surface area contributed by atoms with Crippen LogP contribution in [0.25, 0.3) is 10.9 Å². The minimum Gasteiger partial charge on any atom is -0.488 e. The van der Waals surface area contributed by atoms with E-state index in [1.165, 1.54) is 0 Å². The predicted octanol–water partition coefficient (Wildman–Crippen LogP) is 2.33. The molecule has 9 nitrogen and oxygen atoms in total. The van der Waals surface area contributed by atoms with Crippen molar-refractivity contribution in [3.63, 3.8) is 0 Å². The lowest BCUT2D eigenvalue weighted by Crippen LogP contribution is -2.41. The number of carbonyl (C=O) groups excluding carboxylic acids is 2. The number of anilines is 1. The van der Waals surface area contributed by atoms with Crippen LogP contribution in [-0.2, 0) is 9.53 Å². The fourth-order valence-corrected chi connectivity index (χ4v) is 3.06. The second-order valence-electron chi connectivity index (χ2n) is 6.47. The molecule has 0 atom stereocenters. The number of nitrogens with one attached hydrogen (secondary N) is 2. The molecule has 2 N–H and O–H groups in total. The average Bonchev–Trinajstić information content (AvgIpc) is 3.13. The van der Waals surface area contributed by atoms with Gasteiger partial charge in [-0.1, -0.05) is 18.2 Å². The number of hydrogen-bond donors (Lipinski definition) is 2. The maximum absolute atomic E-state index is 12.3. The zero-order chi connectivity index (χ0) is 19.5. The first-order valence-electron chi connectivity index (χ1n) is 9.05. The van der Waals surface area contributed by atoms with Gasteiger partial charge in [0.25, 0.3) is 0 Å². The fourth-order valence-electron chi connectivity index (χ4n) is 3.06. The highest BCUT2D eigenvalue weighted by atomic mass is 16.5. The molecule has 0 unspecified atom stereocenters. The van der Waals surface area contributed by atoms with E-state index in [4.69, 9.17) is 9.47 Å². The number of H-pyrrole nitrogens is 1. The van der Waals surface area contributed by atoms with E-state index in [0.29, 0.717) is 12.8 Å². The molecule has 2 aromatic heterocycles. The van der Waals surface area contributed by atoms with Gasteiger partial charge < -0.3 is 14.5 Å². The summed E-state index contributed by atoms with van der Waals surface area (Å²) in [4.78, 5) is 30.9. The molecule has 9 heteroatoms. The molecular weight excluding hydrogens is 362 g/mol. The van der Waals surface area contributed by atoms with Crippen LogP contribution in [0.1, 0.15) is 30.4 Å². The maximum Gasteiger partial charge on any atom is 0.376 e. The number of carbonyl (C=O) groups is 2. The highest BCUT2D eigenvalue weighted by molar-refractivity contribution is 5.92. The second-order valence-corrected chi connectivity index (χ2v) is 6.47. The number of amides is 1. The molecule has 3 aromatic rings. The topological polar surface area (TPSA) is 119 Å². The third-order valence-corrected chi connectivity index (χ3v) is 4.55. The lowest BCUT2D eigenvalue weighted by molar-refractivity contribution is -0.125. The highest BCUT2D eigenvalue weighted by Crippen LogP contribution is 2.34. The van der Waals surface area contributed by atoms with Gasteiger partial charge >= 0.3 is 5.97 Å². The Labute approximate surface area is 160 Å². The number of aromatic nitrogens is 4. The largest absolute Gasteiger partial charge is 0.488 e. The van der Waals surface area contributed by atoms with E-state index in [2.05, 4.69) is 25.5 Å². The Hall–Kier alpha value is -3.49. The normalized spacial score (nSPS) is 18.3. The van der Waals surface area contributed by atoms with Gasteiger partial charge in [-0.05, 0) is 31.9 Å². The summed E-state index contributed by atoms with van der Waals surface area (Å²) in [7, 11) is 0. The van der Waals surface area contributed by atoms with Crippen LogP contribution < -0.4 is 10.1 Å². The van der Waals surface area contributed by atoms with E-state index >= 15 is 0 Å². The molecule has 1 saturated carbocycles. The van der Waals surface area contributed by atoms with Gasteiger partial charge in [-0.25, -0.2) is 4.79 Å². The Morgan fingerprint density at radius 1 is 1.21 bits per heavy atom. The molecule has 0 aliphatic heterocycles. The van der Waals surface area contributed by atoms with Gasteiger partial charge in [0.2, 0.25) is 17.7 Å². The number of para-hydroxylation sites is 1. The molecule has 0 radical (unpaired) electrons. The molecule has 28 heavy (non-hydrogen) atoms. The molecule has 0 spiro atoms. The lowest BCUT2D eigenvalue weighted by atomic mass is 9.81. The van der Waals surface area contributed by atoms with E-state index < -0.39 is 5.97 Å². The molecule has 0 bridgehead atoms. The van der Waals surface area contributed by atoms with Crippen LogP contribution in [0.3, 0.4) is 0 Å². The Balaban J connectivity index is 1.31. The van der Waals surface area contributed by atoms with Crippen LogP contribution >= 0.6 is 0 Å². The quantitative estimate of drug-likeness (QED) is 0.629. The smallest absolute Gasteiger partial charge is 0.376 e. The van der Waals surface area contributed by atoms with Crippen LogP contribution in [0.2, 0.25) is 0 Å². The van der Waals surface area contributed by atoms with Crippen molar-refractivity contribution >= 4 is 28.7 Å². The Morgan fingerprint density at radius 2 is 2.04 bits per heavy atom. The molecule has 4 rings (SSSR count). The first-order chi connectivity index (χ1) is 13.6. The lowest BCUT2D eigenvalue weighted by Gasteiger charge is -2.34. The first kappa shape index (κ1) is 17.9. The fraction of sp³-hybridized carbons (Fsp3) is 0.316. The molecule has 1 aromatic carbocycles. The highest BCUT2D eigenvalue weighted by Gasteiger charge is 2.36. The van der Waals surface area contributed by atoms with Crippen molar-refractivity contribution in [2.45, 2.75) is 25.9 Å². The Morgan fingerprint density at radius 3 is 2.86 bits per heavy atom. The number of pyridine rings is 1. The van der Waals surface area contributed by atoms with E-state index in [1.807, 2.05) is 30.3 Å². The van der Waals surface area contributed by atoms with Gasteiger partial charge in [0.15, 0.2) is 0 Å². The molecule has 144 valence electrons. The zero-order valence-electron chi connectivity index (χ0n) is 15.2. The summed E-state index contributed by atoms with van der Waals surface area (Å²) in [5.41, 5.74) is 0.811. The molecule has 2 heterocycles. The molecule has 1 aliphatic rings. The SMILES string of the molecule is CCOC(=O)c1nnc(NC(=O)[C@H]2C[C@H](Oc3cccc4cccnc34)C2)[nH]1. The van der Waals surface area contributed by atoms with E-state index in [-0.39, 0.29) is 36.3 Å². The first-order valence-corrected chi connectivity index (χ1v) is 9.05. The number of ether oxygens (including phenoxy) is 2. The third kappa shape index (κ3) is 3.64. The number of esters is 1. The maximum atomic E-state index is 12.3. The van der Waals surface area contributed by atoms with Crippen molar-refractivity contribution in [1.29, 1.82) is 0 Å². The number of fused-ring (bicyclic) bond motifs is 1. The van der Waals surface area contributed by atoms with Gasteiger partial charge in [0.1, 0.15) is 17.4 Å². The standard InChI is InChI=1S/C19H19N5O4/c1-2-27-18(26)16-21-19(24-23-16)22-17(25)12-9-13(10-12)28-14-7-3-5-11-6-4-8-20-15(11)14/h3-8,12-13H,2,9-10H2,1H3,(H2,21,22,23,24,25)/t12-,13-. The van der Waals surface area contributed by atoms with E-state index in [0.717, 1.165) is 16.7 Å². The third-order valence-electron chi connectivity index (χ3n) is 4.55. The number of rotatable bonds is 6. The molecule has 1 aliphatic carbocycles. The minimum atomic E-state index is -0.615. The van der Waals surface area contributed by atoms with Crippen molar-refractivity contribution in [3.8, 4) is 5.75 Å². The molecule has 1 amide bonds. The van der Waals surface area contributed by atoms with Crippen LogP contribution in [0, 0.1) is 5.92 Å². The van der Waals surface area contributed by atoms with Gasteiger partial charge in [-0.3, -0.25) is 15.1 Å². The number of benzene rings is 1. The average molecular weight is 381 g/mol. The van der Waals surface area contributed by atoms with Crippen molar-refractivity contribution in [2.75, 3.05) is 11.9 Å². The molecular formula is C19H19N5O4. The number of nitrogens with zero attached hydrogens (tertiary/aromatic N) is 3. The summed E-state index contributed by atoms with van der Waals surface area (Å²) in [5, 5.41) is 11.0. The van der Waals surface area contributed by atoms with Crippen molar-refractivity contribution in [1.82, 2.24) is 20.2 Å². The Bertz CT molecular complexity index is 1010. The van der Waals surface area contributed by atoms with Crippen LogP contribution in [0.15, 0.2) is 36.5 Å². The van der Waals surface area contributed by atoms with Crippen LogP contribution in [-0.4, -0.2) is 44.8 Å². The monoisotopic (exact) mass is 381 g/mol. The zero-order valence-corrected chi connectivity index (χ0v) is 15.2. The number of hydrogen-bond acceptors (Lipinski definition) is 7. The van der Waals surface area contributed by atoms with Crippen molar-refractivity contribution < 1.29 is 19.1 Å². The van der Waals surface area contributed by atoms with Gasteiger partial charge in [-0.2, -0.15) is 0 Å². The summed E-state index contributed by atoms with van der Waals surface area (Å²) in [6.45, 7) is 1.93. The van der Waals surface area contributed by atoms with Crippen molar-refractivity contribution in [2.24, 2.45) is 5.92 Å². The van der Waals surface area contributed by atoms with Crippen LogP contribution in [0.5, 0.6) is 5.75 Å².